The van der Waals surface area contributed by atoms with Crippen molar-refractivity contribution >= 4 is 0 Å². The standard InChI is InChI=1S/C8H19NO2/c1-7(10-4)5-11-8(2,3)6-9/h7H,5-6,9H2,1-4H3. The Bertz CT molecular complexity index is 104. The first-order chi connectivity index (χ1) is 5.02. The molecule has 0 aromatic carbocycles. The molecule has 0 amide bonds. The summed E-state index contributed by atoms with van der Waals surface area (Å²) in [5, 5.41) is 0. The molecule has 0 fully saturated rings. The van der Waals surface area contributed by atoms with Crippen molar-refractivity contribution in [3.63, 3.8) is 0 Å². The zero-order valence-corrected chi connectivity index (χ0v) is 7.89. The van der Waals surface area contributed by atoms with Crippen LogP contribution in [-0.2, 0) is 9.47 Å². The summed E-state index contributed by atoms with van der Waals surface area (Å²) in [5.41, 5.74) is 5.24. The van der Waals surface area contributed by atoms with Crippen LogP contribution in [0.2, 0.25) is 0 Å². The Labute approximate surface area is 68.9 Å². The zero-order valence-electron chi connectivity index (χ0n) is 7.89. The molecule has 1 atom stereocenters. The van der Waals surface area contributed by atoms with Crippen LogP contribution >= 0.6 is 0 Å². The van der Waals surface area contributed by atoms with E-state index in [9.17, 15) is 0 Å². The van der Waals surface area contributed by atoms with Crippen LogP contribution in [-0.4, -0.2) is 32.0 Å². The average molecular weight is 161 g/mol. The van der Waals surface area contributed by atoms with Gasteiger partial charge >= 0.3 is 0 Å². The van der Waals surface area contributed by atoms with Gasteiger partial charge in [0.2, 0.25) is 0 Å². The van der Waals surface area contributed by atoms with Gasteiger partial charge in [-0.25, -0.2) is 0 Å². The molecule has 0 aromatic rings. The van der Waals surface area contributed by atoms with Crippen molar-refractivity contribution in [2.45, 2.75) is 32.5 Å². The molecule has 0 spiro atoms. The smallest absolute Gasteiger partial charge is 0.0776 e. The van der Waals surface area contributed by atoms with Gasteiger partial charge < -0.3 is 15.2 Å². The van der Waals surface area contributed by atoms with Crippen LogP contribution in [0.4, 0.5) is 0 Å². The van der Waals surface area contributed by atoms with Crippen LogP contribution in [0.25, 0.3) is 0 Å². The molecule has 68 valence electrons. The third-order valence-corrected chi connectivity index (χ3v) is 1.60. The molecule has 0 radical (unpaired) electrons. The van der Waals surface area contributed by atoms with Crippen molar-refractivity contribution in [2.24, 2.45) is 5.73 Å². The van der Waals surface area contributed by atoms with E-state index in [2.05, 4.69) is 0 Å². The van der Waals surface area contributed by atoms with Crippen molar-refractivity contribution < 1.29 is 9.47 Å². The third-order valence-electron chi connectivity index (χ3n) is 1.60. The maximum Gasteiger partial charge on any atom is 0.0776 e. The highest BCUT2D eigenvalue weighted by molar-refractivity contribution is 4.69. The van der Waals surface area contributed by atoms with Crippen molar-refractivity contribution in [2.75, 3.05) is 20.3 Å². The largest absolute Gasteiger partial charge is 0.379 e. The lowest BCUT2D eigenvalue weighted by atomic mass is 10.1. The van der Waals surface area contributed by atoms with E-state index in [4.69, 9.17) is 15.2 Å². The predicted octanol–water partition coefficient (Wildman–Crippen LogP) is 0.775. The molecule has 3 heteroatoms. The van der Waals surface area contributed by atoms with E-state index in [1.54, 1.807) is 7.11 Å². The van der Waals surface area contributed by atoms with E-state index in [0.717, 1.165) is 0 Å². The summed E-state index contributed by atoms with van der Waals surface area (Å²) < 4.78 is 10.5. The van der Waals surface area contributed by atoms with Crippen LogP contribution in [0.1, 0.15) is 20.8 Å². The first-order valence-corrected chi connectivity index (χ1v) is 3.88. The molecule has 0 saturated heterocycles. The molecule has 0 aromatic heterocycles. The SMILES string of the molecule is COC(C)COC(C)(C)CN. The lowest BCUT2D eigenvalue weighted by molar-refractivity contribution is -0.0596. The lowest BCUT2D eigenvalue weighted by Gasteiger charge is -2.24. The maximum atomic E-state index is 5.48. The second-order valence-corrected chi connectivity index (χ2v) is 3.32. The van der Waals surface area contributed by atoms with Gasteiger partial charge in [0.05, 0.1) is 18.3 Å². The van der Waals surface area contributed by atoms with Gasteiger partial charge in [-0.2, -0.15) is 0 Å². The number of hydrogen-bond donors (Lipinski definition) is 1. The Hall–Kier alpha value is -0.120. The average Bonchev–Trinajstić information content (AvgIpc) is 2.00. The second kappa shape index (κ2) is 4.70. The minimum Gasteiger partial charge on any atom is -0.379 e. The van der Waals surface area contributed by atoms with Crippen LogP contribution in [0.5, 0.6) is 0 Å². The number of hydrogen-bond acceptors (Lipinski definition) is 3. The Morgan fingerprint density at radius 3 is 2.36 bits per heavy atom. The third kappa shape index (κ3) is 5.18. The van der Waals surface area contributed by atoms with E-state index in [1.165, 1.54) is 0 Å². The molecule has 3 nitrogen and oxygen atoms in total. The lowest BCUT2D eigenvalue weighted by Crippen LogP contribution is -2.36. The molecule has 0 rings (SSSR count). The van der Waals surface area contributed by atoms with E-state index in [-0.39, 0.29) is 11.7 Å². The summed E-state index contributed by atoms with van der Waals surface area (Å²) in [6.45, 7) is 7.03. The fourth-order valence-corrected chi connectivity index (χ4v) is 0.470. The Balaban J connectivity index is 3.52. The minimum absolute atomic E-state index is 0.140. The zero-order chi connectivity index (χ0) is 8.91. The Kier molecular flexibility index (Phi) is 4.65. The molecule has 11 heavy (non-hydrogen) atoms. The summed E-state index contributed by atoms with van der Waals surface area (Å²) in [6, 6.07) is 0. The van der Waals surface area contributed by atoms with Crippen LogP contribution in [0, 0.1) is 0 Å². The highest BCUT2D eigenvalue weighted by atomic mass is 16.5. The van der Waals surface area contributed by atoms with Gasteiger partial charge in [-0.1, -0.05) is 0 Å². The van der Waals surface area contributed by atoms with E-state index < -0.39 is 0 Å². The van der Waals surface area contributed by atoms with Crippen LogP contribution in [0.15, 0.2) is 0 Å². The molecule has 0 aliphatic heterocycles. The highest BCUT2D eigenvalue weighted by Gasteiger charge is 2.16. The van der Waals surface area contributed by atoms with Crippen molar-refractivity contribution in [3.8, 4) is 0 Å². The Morgan fingerprint density at radius 2 is 2.00 bits per heavy atom. The number of ether oxygens (including phenoxy) is 2. The van der Waals surface area contributed by atoms with Gasteiger partial charge in [-0.15, -0.1) is 0 Å². The van der Waals surface area contributed by atoms with Crippen molar-refractivity contribution in [1.29, 1.82) is 0 Å². The van der Waals surface area contributed by atoms with Gasteiger partial charge in [0, 0.05) is 13.7 Å². The molecule has 0 aliphatic rings. The van der Waals surface area contributed by atoms with E-state index >= 15 is 0 Å². The van der Waals surface area contributed by atoms with Gasteiger partial charge in [0.15, 0.2) is 0 Å². The summed E-state index contributed by atoms with van der Waals surface area (Å²) in [4.78, 5) is 0. The topological polar surface area (TPSA) is 44.5 Å². The number of methoxy groups -OCH3 is 1. The highest BCUT2D eigenvalue weighted by Crippen LogP contribution is 2.07. The first-order valence-electron chi connectivity index (χ1n) is 3.88. The van der Waals surface area contributed by atoms with E-state index in [1.807, 2.05) is 20.8 Å². The van der Waals surface area contributed by atoms with Gasteiger partial charge in [0.25, 0.3) is 0 Å². The summed E-state index contributed by atoms with van der Waals surface area (Å²) in [7, 11) is 1.67. The van der Waals surface area contributed by atoms with Crippen molar-refractivity contribution in [1.82, 2.24) is 0 Å². The van der Waals surface area contributed by atoms with Gasteiger partial charge in [-0.05, 0) is 20.8 Å². The number of nitrogens with two attached hydrogens (primary N) is 1. The molecule has 1 unspecified atom stereocenters. The Morgan fingerprint density at radius 1 is 1.45 bits per heavy atom. The normalized spacial score (nSPS) is 15.0. The molecule has 0 saturated carbocycles. The van der Waals surface area contributed by atoms with Gasteiger partial charge in [-0.3, -0.25) is 0 Å². The van der Waals surface area contributed by atoms with Crippen LogP contribution < -0.4 is 5.73 Å². The molecular formula is C8H19NO2. The molecular weight excluding hydrogens is 142 g/mol. The second-order valence-electron chi connectivity index (χ2n) is 3.32. The summed E-state index contributed by atoms with van der Waals surface area (Å²) >= 11 is 0. The maximum absolute atomic E-state index is 5.48. The minimum atomic E-state index is -0.229. The predicted molar refractivity (Wildman–Crippen MR) is 45.6 cm³/mol. The van der Waals surface area contributed by atoms with Crippen molar-refractivity contribution in [3.05, 3.63) is 0 Å². The molecule has 2 N–H and O–H groups in total. The molecule has 0 heterocycles. The monoisotopic (exact) mass is 161 g/mol. The molecule has 0 aliphatic carbocycles. The summed E-state index contributed by atoms with van der Waals surface area (Å²) in [6.07, 6.45) is 0.140. The quantitative estimate of drug-likeness (QED) is 0.648. The number of rotatable bonds is 5. The van der Waals surface area contributed by atoms with E-state index in [0.29, 0.717) is 13.2 Å². The summed E-state index contributed by atoms with van der Waals surface area (Å²) in [5.74, 6) is 0. The van der Waals surface area contributed by atoms with Crippen LogP contribution in [0.3, 0.4) is 0 Å². The van der Waals surface area contributed by atoms with Gasteiger partial charge in [0.1, 0.15) is 0 Å². The fourth-order valence-electron chi connectivity index (χ4n) is 0.470. The fraction of sp³-hybridized carbons (Fsp3) is 1.00. The first kappa shape index (κ1) is 10.9. The molecule has 0 bridgehead atoms.